The molecule has 0 saturated carbocycles. The molecule has 0 radical (unpaired) electrons. The van der Waals surface area contributed by atoms with Crippen LogP contribution < -0.4 is 9.47 Å². The Morgan fingerprint density at radius 3 is 2.72 bits per heavy atom. The lowest BCUT2D eigenvalue weighted by atomic mass is 10.0. The summed E-state index contributed by atoms with van der Waals surface area (Å²) in [5, 5.41) is 0. The first-order chi connectivity index (χ1) is 8.69. The zero-order valence-corrected chi connectivity index (χ0v) is 12.6. The molecule has 1 saturated heterocycles. The molecule has 0 aromatic heterocycles. The number of ether oxygens (including phenoxy) is 2. The van der Waals surface area contributed by atoms with E-state index in [-0.39, 0.29) is 5.91 Å². The van der Waals surface area contributed by atoms with Gasteiger partial charge >= 0.3 is 0 Å². The highest BCUT2D eigenvalue weighted by Gasteiger charge is 2.35. The molecule has 1 unspecified atom stereocenters. The molecule has 0 aliphatic carbocycles. The van der Waals surface area contributed by atoms with Crippen molar-refractivity contribution in [3.63, 3.8) is 0 Å². The summed E-state index contributed by atoms with van der Waals surface area (Å²) in [5.74, 6) is 1.74. The number of halogens is 1. The van der Waals surface area contributed by atoms with Crippen molar-refractivity contribution in [1.82, 2.24) is 4.90 Å². The second-order valence-corrected chi connectivity index (χ2v) is 5.09. The number of carbonyl (C=O) groups is 1. The monoisotopic (exact) mass is 361 g/mol. The summed E-state index contributed by atoms with van der Waals surface area (Å²) in [5.41, 5.74) is 1.02. The molecule has 4 nitrogen and oxygen atoms in total. The third-order valence-corrected chi connectivity index (χ3v) is 4.20. The van der Waals surface area contributed by atoms with E-state index in [1.807, 2.05) is 23.1 Å². The lowest BCUT2D eigenvalue weighted by molar-refractivity contribution is -0.145. The summed E-state index contributed by atoms with van der Waals surface area (Å²) in [6.07, 6.45) is 0.668. The summed E-state index contributed by atoms with van der Waals surface area (Å²) < 4.78 is 11.5. The minimum Gasteiger partial charge on any atom is -0.497 e. The molecule has 1 heterocycles. The molecule has 1 fully saturated rings. The fourth-order valence-corrected chi connectivity index (χ4v) is 2.83. The van der Waals surface area contributed by atoms with Crippen molar-refractivity contribution in [3.8, 4) is 11.5 Å². The van der Waals surface area contributed by atoms with Crippen molar-refractivity contribution in [2.45, 2.75) is 19.0 Å². The third-order valence-electron chi connectivity index (χ3n) is 3.18. The van der Waals surface area contributed by atoms with Gasteiger partial charge in [-0.25, -0.2) is 0 Å². The van der Waals surface area contributed by atoms with E-state index in [9.17, 15) is 4.79 Å². The van der Waals surface area contributed by atoms with Crippen LogP contribution in [0.4, 0.5) is 0 Å². The highest BCUT2D eigenvalue weighted by atomic mass is 127. The van der Waals surface area contributed by atoms with E-state index in [0.29, 0.717) is 19.0 Å². The molecule has 1 aliphatic rings. The van der Waals surface area contributed by atoms with Crippen molar-refractivity contribution in [3.05, 3.63) is 23.8 Å². The Balaban J connectivity index is 2.15. The molecule has 1 amide bonds. The summed E-state index contributed by atoms with van der Waals surface area (Å²) >= 11 is 2.32. The summed E-state index contributed by atoms with van der Waals surface area (Å²) in [7, 11) is 3.26. The largest absolute Gasteiger partial charge is 0.497 e. The van der Waals surface area contributed by atoms with Gasteiger partial charge in [-0.2, -0.15) is 0 Å². The van der Waals surface area contributed by atoms with Gasteiger partial charge in [-0.05, 0) is 12.1 Å². The predicted octanol–water partition coefficient (Wildman–Crippen LogP) is 2.24. The van der Waals surface area contributed by atoms with Crippen molar-refractivity contribution in [2.24, 2.45) is 0 Å². The van der Waals surface area contributed by atoms with E-state index in [1.54, 1.807) is 14.2 Å². The second-order valence-electron chi connectivity index (χ2n) is 4.21. The Bertz CT molecular complexity index is 450. The van der Waals surface area contributed by atoms with Crippen LogP contribution >= 0.6 is 22.6 Å². The SMILES string of the molecule is COc1ccc(CN2C(=O)CC2CI)c(OC)c1. The van der Waals surface area contributed by atoms with Crippen molar-refractivity contribution in [1.29, 1.82) is 0 Å². The van der Waals surface area contributed by atoms with Gasteiger partial charge in [0.25, 0.3) is 0 Å². The van der Waals surface area contributed by atoms with Crippen LogP contribution in [0.3, 0.4) is 0 Å². The van der Waals surface area contributed by atoms with Gasteiger partial charge in [-0.3, -0.25) is 4.79 Å². The average Bonchev–Trinajstić information content (AvgIpc) is 2.41. The lowest BCUT2D eigenvalue weighted by Gasteiger charge is -2.39. The van der Waals surface area contributed by atoms with Crippen LogP contribution in [0.15, 0.2) is 18.2 Å². The maximum atomic E-state index is 11.6. The number of alkyl halides is 1. The Kier molecular flexibility index (Phi) is 4.31. The molecule has 1 atom stereocenters. The highest BCUT2D eigenvalue weighted by Crippen LogP contribution is 2.30. The van der Waals surface area contributed by atoms with Crippen LogP contribution in [0, 0.1) is 0 Å². The van der Waals surface area contributed by atoms with Crippen LogP contribution in [-0.2, 0) is 11.3 Å². The zero-order chi connectivity index (χ0) is 13.1. The van der Waals surface area contributed by atoms with Crippen LogP contribution in [0.5, 0.6) is 11.5 Å². The van der Waals surface area contributed by atoms with Gasteiger partial charge in [0.2, 0.25) is 5.91 Å². The fourth-order valence-electron chi connectivity index (χ4n) is 2.04. The quantitative estimate of drug-likeness (QED) is 0.459. The molecule has 0 bridgehead atoms. The van der Waals surface area contributed by atoms with E-state index in [4.69, 9.17) is 9.47 Å². The maximum Gasteiger partial charge on any atom is 0.225 e. The first-order valence-electron chi connectivity index (χ1n) is 5.76. The first kappa shape index (κ1) is 13.5. The topological polar surface area (TPSA) is 38.8 Å². The number of hydrogen-bond donors (Lipinski definition) is 0. The van der Waals surface area contributed by atoms with Crippen molar-refractivity contribution < 1.29 is 14.3 Å². The Labute approximate surface area is 120 Å². The van der Waals surface area contributed by atoms with Crippen molar-refractivity contribution in [2.75, 3.05) is 18.6 Å². The highest BCUT2D eigenvalue weighted by molar-refractivity contribution is 14.1. The smallest absolute Gasteiger partial charge is 0.225 e. The standard InChI is InChI=1S/C13H16INO3/c1-17-11-4-3-9(12(6-11)18-2)8-15-10(7-14)5-13(15)16/h3-4,6,10H,5,7-8H2,1-2H3. The van der Waals surface area contributed by atoms with Crippen LogP contribution in [0.1, 0.15) is 12.0 Å². The molecule has 1 aromatic carbocycles. The van der Waals surface area contributed by atoms with Gasteiger partial charge in [0.05, 0.1) is 14.2 Å². The van der Waals surface area contributed by atoms with E-state index < -0.39 is 0 Å². The second kappa shape index (κ2) is 5.77. The van der Waals surface area contributed by atoms with Gasteiger partial charge in [0, 0.05) is 35.1 Å². The number of amides is 1. The van der Waals surface area contributed by atoms with E-state index in [2.05, 4.69) is 22.6 Å². The summed E-state index contributed by atoms with van der Waals surface area (Å²) in [6, 6.07) is 6.05. The minimum atomic E-state index is 0.217. The van der Waals surface area contributed by atoms with Gasteiger partial charge in [0.1, 0.15) is 11.5 Å². The number of carbonyl (C=O) groups excluding carboxylic acids is 1. The van der Waals surface area contributed by atoms with Crippen LogP contribution in [-0.4, -0.2) is 35.5 Å². The number of rotatable bonds is 5. The number of likely N-dealkylation sites (tertiary alicyclic amines) is 1. The minimum absolute atomic E-state index is 0.217. The zero-order valence-electron chi connectivity index (χ0n) is 10.5. The first-order valence-corrected chi connectivity index (χ1v) is 7.28. The average molecular weight is 361 g/mol. The lowest BCUT2D eigenvalue weighted by Crippen LogP contribution is -2.52. The molecule has 0 spiro atoms. The summed E-state index contributed by atoms with van der Waals surface area (Å²) in [6.45, 7) is 0.611. The van der Waals surface area contributed by atoms with Gasteiger partial charge in [0.15, 0.2) is 0 Å². The molecular weight excluding hydrogens is 345 g/mol. The maximum absolute atomic E-state index is 11.6. The van der Waals surface area contributed by atoms with Gasteiger partial charge in [-0.15, -0.1) is 0 Å². The third kappa shape index (κ3) is 2.55. The molecule has 98 valence electrons. The predicted molar refractivity (Wildman–Crippen MR) is 77.4 cm³/mol. The Morgan fingerprint density at radius 1 is 1.39 bits per heavy atom. The Hall–Kier alpha value is -0.980. The number of methoxy groups -OCH3 is 2. The normalized spacial score (nSPS) is 18.5. The van der Waals surface area contributed by atoms with Crippen LogP contribution in [0.25, 0.3) is 0 Å². The number of nitrogens with zero attached hydrogens (tertiary/aromatic N) is 1. The van der Waals surface area contributed by atoms with Crippen LogP contribution in [0.2, 0.25) is 0 Å². The fraction of sp³-hybridized carbons (Fsp3) is 0.462. The molecule has 2 rings (SSSR count). The number of benzene rings is 1. The van der Waals surface area contributed by atoms with E-state index >= 15 is 0 Å². The summed E-state index contributed by atoms with van der Waals surface area (Å²) in [4.78, 5) is 13.5. The number of hydrogen-bond acceptors (Lipinski definition) is 3. The molecule has 1 aromatic rings. The molecule has 18 heavy (non-hydrogen) atoms. The molecular formula is C13H16INO3. The van der Waals surface area contributed by atoms with E-state index in [0.717, 1.165) is 21.5 Å². The van der Waals surface area contributed by atoms with Crippen molar-refractivity contribution >= 4 is 28.5 Å². The molecule has 0 N–H and O–H groups in total. The number of β-lactam (4-membered cyclic amide) rings is 1. The molecule has 5 heteroatoms. The van der Waals surface area contributed by atoms with E-state index in [1.165, 1.54) is 0 Å². The molecule has 1 aliphatic heterocycles. The van der Waals surface area contributed by atoms with Gasteiger partial charge < -0.3 is 14.4 Å². The Morgan fingerprint density at radius 2 is 2.17 bits per heavy atom. The van der Waals surface area contributed by atoms with Gasteiger partial charge in [-0.1, -0.05) is 22.6 Å².